The van der Waals surface area contributed by atoms with Crippen molar-refractivity contribution in [3.8, 4) is 0 Å². The first-order valence-electron chi connectivity index (χ1n) is 6.46. The largest absolute Gasteiger partial charge is 0.369 e. The van der Waals surface area contributed by atoms with Crippen molar-refractivity contribution >= 4 is 11.6 Å². The topological polar surface area (TPSA) is 44.3 Å². The van der Waals surface area contributed by atoms with Gasteiger partial charge in [0.25, 0.3) is 0 Å². The fourth-order valence-electron chi connectivity index (χ4n) is 2.48. The van der Waals surface area contributed by atoms with Crippen molar-refractivity contribution in [2.45, 2.75) is 12.8 Å². The van der Waals surface area contributed by atoms with Gasteiger partial charge in [-0.25, -0.2) is 9.97 Å². The summed E-state index contributed by atoms with van der Waals surface area (Å²) in [5.41, 5.74) is 1.17. The number of hydrogen-bond donors (Lipinski definition) is 1. The predicted octanol–water partition coefficient (Wildman–Crippen LogP) is 0.486. The number of piperazine rings is 1. The van der Waals surface area contributed by atoms with Crippen molar-refractivity contribution in [2.24, 2.45) is 0 Å². The second-order valence-electron chi connectivity index (χ2n) is 4.67. The van der Waals surface area contributed by atoms with Gasteiger partial charge in [0.2, 0.25) is 5.95 Å². The third kappa shape index (κ3) is 2.34. The van der Waals surface area contributed by atoms with E-state index in [2.05, 4.69) is 25.1 Å². The Morgan fingerprint density at radius 2 is 1.53 bits per heavy atom. The van der Waals surface area contributed by atoms with Gasteiger partial charge in [-0.3, -0.25) is 0 Å². The minimum absolute atomic E-state index is 0.870. The Morgan fingerprint density at radius 3 is 2.18 bits per heavy atom. The molecule has 2 aliphatic rings. The molecule has 17 heavy (non-hydrogen) atoms. The third-order valence-electron chi connectivity index (χ3n) is 3.50. The summed E-state index contributed by atoms with van der Waals surface area (Å²) in [6.07, 6.45) is 6.52. The molecule has 2 fully saturated rings. The molecule has 0 saturated carbocycles. The lowest BCUT2D eigenvalue weighted by atomic mass is 10.4. The smallest absolute Gasteiger partial charge is 0.225 e. The molecule has 0 atom stereocenters. The Labute approximate surface area is 102 Å². The molecule has 0 aliphatic carbocycles. The molecule has 3 rings (SSSR count). The zero-order chi connectivity index (χ0) is 11.5. The Bertz CT molecular complexity index is 352. The standard InChI is InChI=1S/C12H19N5/c1-2-6-16(5-1)11-9-14-12(15-10-11)17-7-3-13-4-8-17/h9-10,13H,1-8H2. The molecule has 0 aromatic carbocycles. The summed E-state index contributed by atoms with van der Waals surface area (Å²) >= 11 is 0. The van der Waals surface area contributed by atoms with Gasteiger partial charge in [0.1, 0.15) is 0 Å². The quantitative estimate of drug-likeness (QED) is 0.805. The van der Waals surface area contributed by atoms with Gasteiger partial charge in [-0.05, 0) is 12.8 Å². The average molecular weight is 233 g/mol. The van der Waals surface area contributed by atoms with Crippen molar-refractivity contribution < 1.29 is 0 Å². The first kappa shape index (κ1) is 10.8. The minimum atomic E-state index is 0.870. The molecule has 1 aromatic heterocycles. The summed E-state index contributed by atoms with van der Waals surface area (Å²) in [7, 11) is 0. The number of rotatable bonds is 2. The predicted molar refractivity (Wildman–Crippen MR) is 68.6 cm³/mol. The molecular weight excluding hydrogens is 214 g/mol. The highest BCUT2D eigenvalue weighted by Gasteiger charge is 2.15. The summed E-state index contributed by atoms with van der Waals surface area (Å²) in [5.74, 6) is 0.870. The highest BCUT2D eigenvalue weighted by Crippen LogP contribution is 2.19. The summed E-state index contributed by atoms with van der Waals surface area (Å²) < 4.78 is 0. The molecule has 0 amide bonds. The normalized spacial score (nSPS) is 20.9. The van der Waals surface area contributed by atoms with Crippen LogP contribution in [0.5, 0.6) is 0 Å². The molecule has 0 unspecified atom stereocenters. The van der Waals surface area contributed by atoms with Crippen LogP contribution in [0.4, 0.5) is 11.6 Å². The van der Waals surface area contributed by atoms with Crippen molar-refractivity contribution in [1.29, 1.82) is 0 Å². The molecule has 2 aliphatic heterocycles. The van der Waals surface area contributed by atoms with Crippen LogP contribution in [-0.4, -0.2) is 49.2 Å². The van der Waals surface area contributed by atoms with Gasteiger partial charge >= 0.3 is 0 Å². The maximum Gasteiger partial charge on any atom is 0.225 e. The average Bonchev–Trinajstić information content (AvgIpc) is 2.94. The first-order chi connectivity index (χ1) is 8.43. The van der Waals surface area contributed by atoms with E-state index in [0.29, 0.717) is 0 Å². The van der Waals surface area contributed by atoms with Gasteiger partial charge in [-0.15, -0.1) is 0 Å². The van der Waals surface area contributed by atoms with Gasteiger partial charge in [0, 0.05) is 39.3 Å². The SMILES string of the molecule is c1nc(N2CCNCC2)ncc1N1CCCC1. The lowest BCUT2D eigenvalue weighted by molar-refractivity contribution is 0.580. The van der Waals surface area contributed by atoms with Gasteiger partial charge in [0.15, 0.2) is 0 Å². The Kier molecular flexibility index (Phi) is 3.09. The Hall–Kier alpha value is -1.36. The van der Waals surface area contributed by atoms with E-state index < -0.39 is 0 Å². The summed E-state index contributed by atoms with van der Waals surface area (Å²) in [6.45, 7) is 6.35. The zero-order valence-electron chi connectivity index (χ0n) is 10.1. The lowest BCUT2D eigenvalue weighted by Crippen LogP contribution is -2.44. The molecule has 2 saturated heterocycles. The number of hydrogen-bond acceptors (Lipinski definition) is 5. The molecule has 5 nitrogen and oxygen atoms in total. The Balaban J connectivity index is 1.70. The molecule has 0 radical (unpaired) electrons. The van der Waals surface area contributed by atoms with Gasteiger partial charge in [-0.2, -0.15) is 0 Å². The molecule has 0 spiro atoms. The number of nitrogens with zero attached hydrogens (tertiary/aromatic N) is 4. The maximum absolute atomic E-state index is 4.49. The van der Waals surface area contributed by atoms with Crippen molar-refractivity contribution in [3.63, 3.8) is 0 Å². The molecule has 5 heteroatoms. The highest BCUT2D eigenvalue weighted by atomic mass is 15.3. The summed E-state index contributed by atoms with van der Waals surface area (Å²) in [6, 6.07) is 0. The van der Waals surface area contributed by atoms with Crippen LogP contribution in [0.25, 0.3) is 0 Å². The van der Waals surface area contributed by atoms with E-state index in [0.717, 1.165) is 45.2 Å². The van der Waals surface area contributed by atoms with E-state index in [4.69, 9.17) is 0 Å². The fourth-order valence-corrected chi connectivity index (χ4v) is 2.48. The first-order valence-corrected chi connectivity index (χ1v) is 6.46. The van der Waals surface area contributed by atoms with Crippen LogP contribution < -0.4 is 15.1 Å². The van der Waals surface area contributed by atoms with Crippen molar-refractivity contribution in [2.75, 3.05) is 49.1 Å². The van der Waals surface area contributed by atoms with Crippen LogP contribution >= 0.6 is 0 Å². The maximum atomic E-state index is 4.49. The van der Waals surface area contributed by atoms with E-state index in [1.807, 2.05) is 12.4 Å². The number of anilines is 2. The van der Waals surface area contributed by atoms with Crippen molar-refractivity contribution in [3.05, 3.63) is 12.4 Å². The van der Waals surface area contributed by atoms with E-state index in [1.165, 1.54) is 18.5 Å². The molecular formula is C12H19N5. The lowest BCUT2D eigenvalue weighted by Gasteiger charge is -2.27. The van der Waals surface area contributed by atoms with Crippen LogP contribution in [0.1, 0.15) is 12.8 Å². The van der Waals surface area contributed by atoms with E-state index >= 15 is 0 Å². The van der Waals surface area contributed by atoms with Gasteiger partial charge in [-0.1, -0.05) is 0 Å². The van der Waals surface area contributed by atoms with Crippen LogP contribution in [0.15, 0.2) is 12.4 Å². The van der Waals surface area contributed by atoms with Gasteiger partial charge < -0.3 is 15.1 Å². The number of nitrogens with one attached hydrogen (secondary N) is 1. The Morgan fingerprint density at radius 1 is 0.882 bits per heavy atom. The van der Waals surface area contributed by atoms with E-state index in [-0.39, 0.29) is 0 Å². The second kappa shape index (κ2) is 4.87. The molecule has 1 N–H and O–H groups in total. The molecule has 0 bridgehead atoms. The zero-order valence-corrected chi connectivity index (χ0v) is 10.1. The highest BCUT2D eigenvalue weighted by molar-refractivity contribution is 5.45. The molecule has 92 valence electrons. The summed E-state index contributed by atoms with van der Waals surface area (Å²) in [5, 5.41) is 3.34. The van der Waals surface area contributed by atoms with Crippen molar-refractivity contribution in [1.82, 2.24) is 15.3 Å². The molecule has 3 heterocycles. The van der Waals surface area contributed by atoms with Crippen LogP contribution in [0, 0.1) is 0 Å². The third-order valence-corrected chi connectivity index (χ3v) is 3.50. The van der Waals surface area contributed by atoms with E-state index in [9.17, 15) is 0 Å². The molecule has 1 aromatic rings. The second-order valence-corrected chi connectivity index (χ2v) is 4.67. The summed E-state index contributed by atoms with van der Waals surface area (Å²) in [4.78, 5) is 13.6. The van der Waals surface area contributed by atoms with Crippen LogP contribution in [0.2, 0.25) is 0 Å². The minimum Gasteiger partial charge on any atom is -0.369 e. The number of aromatic nitrogens is 2. The monoisotopic (exact) mass is 233 g/mol. The van der Waals surface area contributed by atoms with Crippen LogP contribution in [-0.2, 0) is 0 Å². The fraction of sp³-hybridized carbons (Fsp3) is 0.667. The van der Waals surface area contributed by atoms with Gasteiger partial charge in [0.05, 0.1) is 18.1 Å². The van der Waals surface area contributed by atoms with E-state index in [1.54, 1.807) is 0 Å². The van der Waals surface area contributed by atoms with Crippen LogP contribution in [0.3, 0.4) is 0 Å².